The highest BCUT2D eigenvalue weighted by Gasteiger charge is 2.30. The van der Waals surface area contributed by atoms with Gasteiger partial charge in [0.25, 0.3) is 0 Å². The van der Waals surface area contributed by atoms with Crippen LogP contribution in [0.25, 0.3) is 10.2 Å². The number of hydrogen-bond donors (Lipinski definition) is 2. The van der Waals surface area contributed by atoms with Crippen LogP contribution < -0.4 is 10.2 Å². The second kappa shape index (κ2) is 6.20. The molecule has 0 spiro atoms. The summed E-state index contributed by atoms with van der Waals surface area (Å²) >= 11 is 1.78. The monoisotopic (exact) mass is 346 g/mol. The van der Waals surface area contributed by atoms with Crippen molar-refractivity contribution in [2.45, 2.75) is 50.6 Å². The summed E-state index contributed by atoms with van der Waals surface area (Å²) in [6.45, 7) is 0. The number of nitrogens with zero attached hydrogens (tertiary/aromatic N) is 3. The van der Waals surface area contributed by atoms with Crippen molar-refractivity contribution in [2.75, 3.05) is 11.9 Å². The van der Waals surface area contributed by atoms with Crippen LogP contribution in [0.3, 0.4) is 0 Å². The predicted molar refractivity (Wildman–Crippen MR) is 94.8 cm³/mol. The molecule has 2 atom stereocenters. The zero-order chi connectivity index (χ0) is 16.7. The lowest BCUT2D eigenvalue weighted by molar-refractivity contribution is 0.190. The normalized spacial score (nSPS) is 23.5. The van der Waals surface area contributed by atoms with Gasteiger partial charge in [-0.2, -0.15) is 0 Å². The first-order valence-corrected chi connectivity index (χ1v) is 9.37. The molecule has 2 aromatic heterocycles. The highest BCUT2D eigenvalue weighted by molar-refractivity contribution is 7.18. The molecule has 128 valence electrons. The Morgan fingerprint density at radius 2 is 2.21 bits per heavy atom. The van der Waals surface area contributed by atoms with E-state index in [0.717, 1.165) is 47.6 Å². The molecule has 0 aliphatic heterocycles. The first kappa shape index (κ1) is 15.6. The molecule has 6 nitrogen and oxygen atoms in total. The molecule has 7 heteroatoms. The number of carbonyl (C=O) groups is 1. The Morgan fingerprint density at radius 1 is 1.38 bits per heavy atom. The lowest BCUT2D eigenvalue weighted by Gasteiger charge is -2.26. The van der Waals surface area contributed by atoms with Crippen LogP contribution in [-0.4, -0.2) is 40.3 Å². The summed E-state index contributed by atoms with van der Waals surface area (Å²) < 4.78 is 0. The summed E-state index contributed by atoms with van der Waals surface area (Å²) in [6, 6.07) is 2.61. The second-order valence-electron chi connectivity index (χ2n) is 7.00. The smallest absolute Gasteiger partial charge is 0.404 e. The van der Waals surface area contributed by atoms with Crippen molar-refractivity contribution in [1.29, 1.82) is 0 Å². The fourth-order valence-electron chi connectivity index (χ4n) is 3.67. The average Bonchev–Trinajstić information content (AvgIpc) is 3.07. The van der Waals surface area contributed by atoms with Crippen LogP contribution in [-0.2, 0) is 6.42 Å². The summed E-state index contributed by atoms with van der Waals surface area (Å²) in [7, 11) is 2.06. The molecule has 2 aliphatic rings. The molecule has 0 aromatic carbocycles. The molecule has 2 aliphatic carbocycles. The Morgan fingerprint density at radius 3 is 2.96 bits per heavy atom. The first-order valence-electron chi connectivity index (χ1n) is 8.56. The van der Waals surface area contributed by atoms with Crippen LogP contribution in [0.4, 0.5) is 10.6 Å². The third-order valence-electron chi connectivity index (χ3n) is 5.16. The topological polar surface area (TPSA) is 78.4 Å². The molecule has 1 amide bonds. The second-order valence-corrected chi connectivity index (χ2v) is 8.12. The van der Waals surface area contributed by atoms with Crippen molar-refractivity contribution >= 4 is 33.5 Å². The molecule has 0 radical (unpaired) electrons. The van der Waals surface area contributed by atoms with Crippen molar-refractivity contribution in [3.63, 3.8) is 0 Å². The number of amides is 1. The minimum atomic E-state index is -0.935. The average molecular weight is 346 g/mol. The van der Waals surface area contributed by atoms with Crippen LogP contribution >= 0.6 is 11.3 Å². The number of anilines is 1. The van der Waals surface area contributed by atoms with Crippen molar-refractivity contribution in [3.05, 3.63) is 17.3 Å². The van der Waals surface area contributed by atoms with Gasteiger partial charge in [0.2, 0.25) is 0 Å². The molecule has 2 fully saturated rings. The van der Waals surface area contributed by atoms with Gasteiger partial charge in [-0.05, 0) is 50.5 Å². The van der Waals surface area contributed by atoms with E-state index >= 15 is 0 Å². The van der Waals surface area contributed by atoms with Crippen LogP contribution in [0, 0.1) is 5.92 Å². The van der Waals surface area contributed by atoms with Gasteiger partial charge in [-0.25, -0.2) is 14.8 Å². The SMILES string of the molecule is CN(c1ncnc2sc(CC3CC3)cc12)[C@@H]1CC[C@H](NC(=O)O)C1. The van der Waals surface area contributed by atoms with E-state index in [4.69, 9.17) is 5.11 Å². The zero-order valence-electron chi connectivity index (χ0n) is 13.7. The van der Waals surface area contributed by atoms with Gasteiger partial charge in [0.15, 0.2) is 0 Å². The maximum Gasteiger partial charge on any atom is 0.404 e. The maximum atomic E-state index is 10.8. The Hall–Kier alpha value is -1.89. The number of carboxylic acid groups (broad SMARTS) is 1. The van der Waals surface area contributed by atoms with Gasteiger partial charge in [0.1, 0.15) is 17.0 Å². The van der Waals surface area contributed by atoms with E-state index in [1.165, 1.54) is 17.7 Å². The van der Waals surface area contributed by atoms with Crippen molar-refractivity contribution in [3.8, 4) is 0 Å². The van der Waals surface area contributed by atoms with Gasteiger partial charge in [-0.1, -0.05) is 0 Å². The highest BCUT2D eigenvalue weighted by Crippen LogP contribution is 2.38. The minimum Gasteiger partial charge on any atom is -0.465 e. The Kier molecular flexibility index (Phi) is 4.04. The fourth-order valence-corrected chi connectivity index (χ4v) is 4.77. The summed E-state index contributed by atoms with van der Waals surface area (Å²) in [5.74, 6) is 1.84. The molecule has 0 saturated heterocycles. The third-order valence-corrected chi connectivity index (χ3v) is 6.23. The number of fused-ring (bicyclic) bond motifs is 1. The predicted octanol–water partition coefficient (Wildman–Crippen LogP) is 3.27. The van der Waals surface area contributed by atoms with Crippen LogP contribution in [0.2, 0.25) is 0 Å². The van der Waals surface area contributed by atoms with Crippen molar-refractivity contribution in [1.82, 2.24) is 15.3 Å². The number of hydrogen-bond acceptors (Lipinski definition) is 5. The number of aromatic nitrogens is 2. The molecule has 24 heavy (non-hydrogen) atoms. The number of nitrogens with one attached hydrogen (secondary N) is 1. The molecule has 2 N–H and O–H groups in total. The quantitative estimate of drug-likeness (QED) is 0.869. The largest absolute Gasteiger partial charge is 0.465 e. The van der Waals surface area contributed by atoms with E-state index in [0.29, 0.717) is 6.04 Å². The van der Waals surface area contributed by atoms with E-state index in [-0.39, 0.29) is 6.04 Å². The van der Waals surface area contributed by atoms with Gasteiger partial charge in [-0.3, -0.25) is 0 Å². The maximum absolute atomic E-state index is 10.8. The molecule has 2 heterocycles. The number of thiophene rings is 1. The zero-order valence-corrected chi connectivity index (χ0v) is 14.6. The van der Waals surface area contributed by atoms with E-state index in [2.05, 4.69) is 33.3 Å². The molecular weight excluding hydrogens is 324 g/mol. The lowest BCUT2D eigenvalue weighted by Crippen LogP contribution is -2.35. The Labute approximate surface area is 144 Å². The molecule has 2 saturated carbocycles. The Bertz CT molecular complexity index is 758. The van der Waals surface area contributed by atoms with Crippen LogP contribution in [0.1, 0.15) is 37.0 Å². The van der Waals surface area contributed by atoms with Gasteiger partial charge >= 0.3 is 6.09 Å². The van der Waals surface area contributed by atoms with E-state index < -0.39 is 6.09 Å². The Balaban J connectivity index is 1.54. The molecule has 0 bridgehead atoms. The summed E-state index contributed by atoms with van der Waals surface area (Å²) in [5.41, 5.74) is 0. The van der Waals surface area contributed by atoms with Crippen LogP contribution in [0.15, 0.2) is 12.4 Å². The summed E-state index contributed by atoms with van der Waals surface area (Å²) in [4.78, 5) is 24.5. The lowest BCUT2D eigenvalue weighted by atomic mass is 10.2. The van der Waals surface area contributed by atoms with Crippen LogP contribution in [0.5, 0.6) is 0 Å². The summed E-state index contributed by atoms with van der Waals surface area (Å²) in [6.07, 6.45) is 7.27. The van der Waals surface area contributed by atoms with Gasteiger partial charge in [0, 0.05) is 24.0 Å². The van der Waals surface area contributed by atoms with Crippen molar-refractivity contribution in [2.24, 2.45) is 5.92 Å². The van der Waals surface area contributed by atoms with Gasteiger partial charge in [0.05, 0.1) is 5.39 Å². The molecule has 0 unspecified atom stereocenters. The summed E-state index contributed by atoms with van der Waals surface area (Å²) in [5, 5.41) is 12.6. The minimum absolute atomic E-state index is 0.0418. The third kappa shape index (κ3) is 3.17. The fraction of sp³-hybridized carbons (Fsp3) is 0.588. The highest BCUT2D eigenvalue weighted by atomic mass is 32.1. The molecule has 2 aromatic rings. The first-order chi connectivity index (χ1) is 11.6. The van der Waals surface area contributed by atoms with E-state index in [1.807, 2.05) is 0 Å². The van der Waals surface area contributed by atoms with Gasteiger partial charge in [-0.15, -0.1) is 11.3 Å². The van der Waals surface area contributed by atoms with Crippen molar-refractivity contribution < 1.29 is 9.90 Å². The van der Waals surface area contributed by atoms with E-state index in [1.54, 1.807) is 17.7 Å². The van der Waals surface area contributed by atoms with E-state index in [9.17, 15) is 4.79 Å². The standard InChI is InChI=1S/C17H22N4O2S/c1-21(12-5-4-11(7-12)20-17(22)23)15-14-8-13(6-10-2-3-10)24-16(14)19-9-18-15/h8-12,20H,2-7H2,1H3,(H,22,23)/t11-,12+/m0/s1. The van der Waals surface area contributed by atoms with Gasteiger partial charge < -0.3 is 15.3 Å². The molecule has 4 rings (SSSR count). The number of rotatable bonds is 5. The molecular formula is C17H22N4O2S.